The Hall–Kier alpha value is -2.73. The van der Waals surface area contributed by atoms with Crippen LogP contribution >= 0.6 is 11.8 Å². The van der Waals surface area contributed by atoms with Crippen LogP contribution in [0.5, 0.6) is 0 Å². The Morgan fingerprint density at radius 3 is 2.96 bits per heavy atom. The number of anilines is 2. The van der Waals surface area contributed by atoms with Gasteiger partial charge in [-0.25, -0.2) is 0 Å². The molecular weight excluding hydrogens is 310 g/mol. The highest BCUT2D eigenvalue weighted by Crippen LogP contribution is 2.32. The van der Waals surface area contributed by atoms with E-state index in [2.05, 4.69) is 15.6 Å². The van der Waals surface area contributed by atoms with Gasteiger partial charge in [0.25, 0.3) is 5.91 Å². The van der Waals surface area contributed by atoms with E-state index in [0.717, 1.165) is 21.5 Å². The van der Waals surface area contributed by atoms with E-state index in [0.29, 0.717) is 17.0 Å². The van der Waals surface area contributed by atoms with Crippen molar-refractivity contribution < 1.29 is 9.59 Å². The van der Waals surface area contributed by atoms with Crippen LogP contribution in [-0.2, 0) is 4.79 Å². The lowest BCUT2D eigenvalue weighted by molar-refractivity contribution is -0.113. The molecule has 0 radical (unpaired) electrons. The van der Waals surface area contributed by atoms with E-state index in [1.165, 1.54) is 11.8 Å². The summed E-state index contributed by atoms with van der Waals surface area (Å²) in [5, 5.41) is 6.67. The second-order valence-electron chi connectivity index (χ2n) is 5.25. The third-order valence-electron chi connectivity index (χ3n) is 3.71. The van der Waals surface area contributed by atoms with Gasteiger partial charge in [0.2, 0.25) is 5.91 Å². The molecule has 2 amide bonds. The van der Waals surface area contributed by atoms with Crippen LogP contribution in [0.3, 0.4) is 0 Å². The molecule has 0 unspecified atom stereocenters. The molecule has 23 heavy (non-hydrogen) atoms. The molecule has 0 aliphatic carbocycles. The van der Waals surface area contributed by atoms with Gasteiger partial charge >= 0.3 is 0 Å². The minimum Gasteiger partial charge on any atom is -0.359 e. The Balaban J connectivity index is 1.62. The standard InChI is InChI=1S/C17H13N3O2S/c21-16-9-23-15-6-5-10(7-13(15)19-16)17(22)20-14-8-18-12-4-2-1-3-11(12)14/h1-8,18H,9H2,(H,19,21)(H,20,22). The van der Waals surface area contributed by atoms with E-state index in [1.54, 1.807) is 18.3 Å². The smallest absolute Gasteiger partial charge is 0.255 e. The Bertz CT molecular complexity index is 932. The van der Waals surface area contributed by atoms with Gasteiger partial charge in [-0.1, -0.05) is 18.2 Å². The van der Waals surface area contributed by atoms with Crippen LogP contribution < -0.4 is 10.6 Å². The maximum Gasteiger partial charge on any atom is 0.255 e. The van der Waals surface area contributed by atoms with E-state index >= 15 is 0 Å². The van der Waals surface area contributed by atoms with E-state index in [-0.39, 0.29) is 11.8 Å². The number of amides is 2. The number of rotatable bonds is 2. The van der Waals surface area contributed by atoms with Crippen LogP contribution in [0.1, 0.15) is 10.4 Å². The van der Waals surface area contributed by atoms with Crippen molar-refractivity contribution in [3.63, 3.8) is 0 Å². The number of thioether (sulfide) groups is 1. The summed E-state index contributed by atoms with van der Waals surface area (Å²) in [5.41, 5.74) is 2.91. The number of fused-ring (bicyclic) bond motifs is 2. The number of carbonyl (C=O) groups is 2. The van der Waals surface area contributed by atoms with Gasteiger partial charge in [-0.3, -0.25) is 9.59 Å². The molecule has 0 spiro atoms. The number of nitrogens with one attached hydrogen (secondary N) is 3. The molecule has 0 saturated carbocycles. The van der Waals surface area contributed by atoms with E-state index in [4.69, 9.17) is 0 Å². The lowest BCUT2D eigenvalue weighted by atomic mass is 10.1. The molecule has 114 valence electrons. The van der Waals surface area contributed by atoms with Gasteiger partial charge in [0, 0.05) is 27.6 Å². The predicted octanol–water partition coefficient (Wildman–Crippen LogP) is 3.46. The summed E-state index contributed by atoms with van der Waals surface area (Å²) in [6.07, 6.45) is 1.78. The van der Waals surface area contributed by atoms with Gasteiger partial charge in [0.15, 0.2) is 0 Å². The van der Waals surface area contributed by atoms with Crippen LogP contribution in [0.15, 0.2) is 53.6 Å². The number of carbonyl (C=O) groups excluding carboxylic acids is 2. The maximum absolute atomic E-state index is 12.5. The van der Waals surface area contributed by atoms with Gasteiger partial charge < -0.3 is 15.6 Å². The fraction of sp³-hybridized carbons (Fsp3) is 0.0588. The second-order valence-corrected chi connectivity index (χ2v) is 6.27. The molecule has 3 N–H and O–H groups in total. The predicted molar refractivity (Wildman–Crippen MR) is 92.0 cm³/mol. The Kier molecular flexibility index (Phi) is 3.31. The molecule has 2 aromatic carbocycles. The number of benzene rings is 2. The van der Waals surface area contributed by atoms with Crippen LogP contribution in [0, 0.1) is 0 Å². The van der Waals surface area contributed by atoms with Crippen molar-refractivity contribution in [2.45, 2.75) is 4.90 Å². The van der Waals surface area contributed by atoms with Gasteiger partial charge in [-0.2, -0.15) is 0 Å². The monoisotopic (exact) mass is 323 g/mol. The normalized spacial score (nSPS) is 13.5. The van der Waals surface area contributed by atoms with Gasteiger partial charge in [-0.05, 0) is 24.3 Å². The summed E-state index contributed by atoms with van der Waals surface area (Å²) in [4.78, 5) is 28.1. The zero-order valence-corrected chi connectivity index (χ0v) is 12.9. The largest absolute Gasteiger partial charge is 0.359 e. The molecule has 0 atom stereocenters. The minimum atomic E-state index is -0.206. The van der Waals surface area contributed by atoms with Crippen molar-refractivity contribution >= 4 is 45.9 Å². The molecule has 6 heteroatoms. The molecule has 4 rings (SSSR count). The minimum absolute atomic E-state index is 0.0447. The third-order valence-corrected chi connectivity index (χ3v) is 4.79. The third kappa shape index (κ3) is 2.57. The molecule has 0 fully saturated rings. The molecule has 1 aliphatic rings. The first kappa shape index (κ1) is 13.9. The summed E-state index contributed by atoms with van der Waals surface area (Å²) in [6.45, 7) is 0. The Morgan fingerprint density at radius 2 is 2.04 bits per heavy atom. The molecule has 2 heterocycles. The van der Waals surface area contributed by atoms with Crippen molar-refractivity contribution in [3.8, 4) is 0 Å². The maximum atomic E-state index is 12.5. The van der Waals surface area contributed by atoms with Gasteiger partial charge in [0.05, 0.1) is 17.1 Å². The van der Waals surface area contributed by atoms with Gasteiger partial charge in [0.1, 0.15) is 0 Å². The Labute approximate surface area is 136 Å². The zero-order chi connectivity index (χ0) is 15.8. The van der Waals surface area contributed by atoms with Crippen LogP contribution in [0.4, 0.5) is 11.4 Å². The second kappa shape index (κ2) is 5.48. The van der Waals surface area contributed by atoms with Crippen molar-refractivity contribution in [3.05, 3.63) is 54.2 Å². The zero-order valence-electron chi connectivity index (χ0n) is 12.1. The lowest BCUT2D eigenvalue weighted by Gasteiger charge is -2.16. The van der Waals surface area contributed by atoms with Crippen molar-refractivity contribution in [1.82, 2.24) is 4.98 Å². The van der Waals surface area contributed by atoms with Crippen LogP contribution in [-0.4, -0.2) is 22.6 Å². The number of aromatic amines is 1. The number of aromatic nitrogens is 1. The first-order valence-corrected chi connectivity index (χ1v) is 8.13. The summed E-state index contributed by atoms with van der Waals surface area (Å²) < 4.78 is 0. The fourth-order valence-corrected chi connectivity index (χ4v) is 3.38. The van der Waals surface area contributed by atoms with Crippen molar-refractivity contribution in [2.75, 3.05) is 16.4 Å². The van der Waals surface area contributed by atoms with E-state index < -0.39 is 0 Å². The van der Waals surface area contributed by atoms with Crippen molar-refractivity contribution in [1.29, 1.82) is 0 Å². The molecule has 0 bridgehead atoms. The number of H-pyrrole nitrogens is 1. The molecular formula is C17H13N3O2S. The quantitative estimate of drug-likeness (QED) is 0.676. The number of hydrogen-bond donors (Lipinski definition) is 3. The topological polar surface area (TPSA) is 74.0 Å². The van der Waals surface area contributed by atoms with E-state index in [9.17, 15) is 9.59 Å². The van der Waals surface area contributed by atoms with E-state index in [1.807, 2.05) is 30.3 Å². The first-order valence-electron chi connectivity index (χ1n) is 7.15. The molecule has 1 aromatic heterocycles. The van der Waals surface area contributed by atoms with Gasteiger partial charge in [-0.15, -0.1) is 11.8 Å². The molecule has 1 aliphatic heterocycles. The molecule has 0 saturated heterocycles. The summed E-state index contributed by atoms with van der Waals surface area (Å²) in [5.74, 6) is 0.160. The van der Waals surface area contributed by atoms with Crippen LogP contribution in [0.25, 0.3) is 10.9 Å². The molecule has 5 nitrogen and oxygen atoms in total. The first-order chi connectivity index (χ1) is 11.2. The average Bonchev–Trinajstić information content (AvgIpc) is 2.97. The van der Waals surface area contributed by atoms with Crippen molar-refractivity contribution in [2.24, 2.45) is 0 Å². The number of hydrogen-bond acceptors (Lipinski definition) is 3. The number of para-hydroxylation sites is 1. The fourth-order valence-electron chi connectivity index (χ4n) is 2.59. The summed E-state index contributed by atoms with van der Waals surface area (Å²) in [6, 6.07) is 13.1. The average molecular weight is 323 g/mol. The highest BCUT2D eigenvalue weighted by atomic mass is 32.2. The highest BCUT2D eigenvalue weighted by molar-refractivity contribution is 8.00. The molecule has 3 aromatic rings. The highest BCUT2D eigenvalue weighted by Gasteiger charge is 2.17. The SMILES string of the molecule is O=C1CSc2ccc(C(=O)Nc3c[nH]c4ccccc34)cc2N1. The summed E-state index contributed by atoms with van der Waals surface area (Å²) in [7, 11) is 0. The Morgan fingerprint density at radius 1 is 1.17 bits per heavy atom. The summed E-state index contributed by atoms with van der Waals surface area (Å²) >= 11 is 1.48. The van der Waals surface area contributed by atoms with Crippen LogP contribution in [0.2, 0.25) is 0 Å². The lowest BCUT2D eigenvalue weighted by Crippen LogP contribution is -2.19.